The van der Waals surface area contributed by atoms with Gasteiger partial charge in [-0.15, -0.1) is 0 Å². The lowest BCUT2D eigenvalue weighted by atomic mass is 10.1. The minimum absolute atomic E-state index is 0.149. The summed E-state index contributed by atoms with van der Waals surface area (Å²) in [5.41, 5.74) is 8.78. The van der Waals surface area contributed by atoms with Gasteiger partial charge in [-0.25, -0.2) is 0 Å². The number of nitrogens with one attached hydrogen (secondary N) is 1. The minimum atomic E-state index is -0.149. The molecule has 2 aromatic carbocycles. The second kappa shape index (κ2) is 5.39. The lowest BCUT2D eigenvalue weighted by molar-refractivity contribution is 0.102. The van der Waals surface area contributed by atoms with Gasteiger partial charge in [-0.3, -0.25) is 4.79 Å². The molecule has 1 amide bonds. The number of aryl methyl sites for hydroxylation is 1. The normalized spacial score (nSPS) is 10.1. The SMILES string of the molecule is Cc1ccc(NC(=O)c2cccc(I)c2)c(N)c1. The molecule has 0 aliphatic carbocycles. The Morgan fingerprint density at radius 3 is 2.67 bits per heavy atom. The van der Waals surface area contributed by atoms with Crippen LogP contribution in [-0.2, 0) is 0 Å². The van der Waals surface area contributed by atoms with E-state index in [1.165, 1.54) is 0 Å². The van der Waals surface area contributed by atoms with Gasteiger partial charge in [0.2, 0.25) is 0 Å². The van der Waals surface area contributed by atoms with Crippen molar-refractivity contribution in [3.63, 3.8) is 0 Å². The van der Waals surface area contributed by atoms with Crippen LogP contribution in [0.15, 0.2) is 42.5 Å². The Kier molecular flexibility index (Phi) is 3.86. The van der Waals surface area contributed by atoms with Gasteiger partial charge in [-0.05, 0) is 65.4 Å². The summed E-state index contributed by atoms with van der Waals surface area (Å²) in [6.07, 6.45) is 0. The molecule has 0 fully saturated rings. The maximum absolute atomic E-state index is 12.0. The van der Waals surface area contributed by atoms with Crippen LogP contribution in [0.1, 0.15) is 15.9 Å². The molecular weight excluding hydrogens is 339 g/mol. The van der Waals surface area contributed by atoms with Gasteiger partial charge >= 0.3 is 0 Å². The van der Waals surface area contributed by atoms with E-state index in [4.69, 9.17) is 5.73 Å². The number of hydrogen-bond donors (Lipinski definition) is 2. The van der Waals surface area contributed by atoms with Crippen LogP contribution >= 0.6 is 22.6 Å². The molecule has 0 atom stereocenters. The second-order valence-electron chi connectivity index (χ2n) is 4.06. The Morgan fingerprint density at radius 1 is 1.22 bits per heavy atom. The Bertz CT molecular complexity index is 596. The summed E-state index contributed by atoms with van der Waals surface area (Å²) in [6, 6.07) is 13.0. The second-order valence-corrected chi connectivity index (χ2v) is 5.30. The summed E-state index contributed by atoms with van der Waals surface area (Å²) in [7, 11) is 0. The maximum Gasteiger partial charge on any atom is 0.255 e. The number of anilines is 2. The van der Waals surface area contributed by atoms with Crippen LogP contribution in [-0.4, -0.2) is 5.91 Å². The third-order valence-corrected chi connectivity index (χ3v) is 3.21. The largest absolute Gasteiger partial charge is 0.397 e. The maximum atomic E-state index is 12.0. The van der Waals surface area contributed by atoms with Crippen molar-refractivity contribution in [2.75, 3.05) is 11.1 Å². The Hall–Kier alpha value is -1.56. The fraction of sp³-hybridized carbons (Fsp3) is 0.0714. The number of nitrogen functional groups attached to an aromatic ring is 1. The third kappa shape index (κ3) is 3.01. The molecule has 0 saturated carbocycles. The number of carbonyl (C=O) groups is 1. The zero-order chi connectivity index (χ0) is 13.1. The number of rotatable bonds is 2. The first-order valence-corrected chi connectivity index (χ1v) is 6.57. The van der Waals surface area contributed by atoms with Crippen molar-refractivity contribution < 1.29 is 4.79 Å². The van der Waals surface area contributed by atoms with Crippen molar-refractivity contribution in [3.8, 4) is 0 Å². The molecule has 0 spiro atoms. The van der Waals surface area contributed by atoms with Crippen molar-refractivity contribution >= 4 is 39.9 Å². The highest BCUT2D eigenvalue weighted by molar-refractivity contribution is 14.1. The predicted molar refractivity (Wildman–Crippen MR) is 82.7 cm³/mol. The van der Waals surface area contributed by atoms with E-state index in [0.717, 1.165) is 9.13 Å². The van der Waals surface area contributed by atoms with E-state index >= 15 is 0 Å². The molecule has 0 heterocycles. The van der Waals surface area contributed by atoms with Crippen LogP contribution in [0.25, 0.3) is 0 Å². The summed E-state index contributed by atoms with van der Waals surface area (Å²) >= 11 is 2.18. The van der Waals surface area contributed by atoms with E-state index in [0.29, 0.717) is 16.9 Å². The van der Waals surface area contributed by atoms with E-state index in [9.17, 15) is 4.79 Å². The first kappa shape index (κ1) is 12.9. The Balaban J connectivity index is 2.21. The number of nitrogens with two attached hydrogens (primary N) is 1. The van der Waals surface area contributed by atoms with E-state index in [-0.39, 0.29) is 5.91 Å². The van der Waals surface area contributed by atoms with Crippen LogP contribution in [0, 0.1) is 10.5 Å². The average molecular weight is 352 g/mol. The molecular formula is C14H13IN2O. The van der Waals surface area contributed by atoms with Gasteiger partial charge < -0.3 is 11.1 Å². The van der Waals surface area contributed by atoms with Crippen molar-refractivity contribution in [2.24, 2.45) is 0 Å². The van der Waals surface area contributed by atoms with E-state index in [2.05, 4.69) is 27.9 Å². The van der Waals surface area contributed by atoms with Crippen LogP contribution < -0.4 is 11.1 Å². The van der Waals surface area contributed by atoms with Gasteiger partial charge in [0.25, 0.3) is 5.91 Å². The molecule has 0 aromatic heterocycles. The van der Waals surface area contributed by atoms with Crippen molar-refractivity contribution in [2.45, 2.75) is 6.92 Å². The standard InChI is InChI=1S/C14H13IN2O/c1-9-5-6-13(12(16)7-9)17-14(18)10-3-2-4-11(15)8-10/h2-8H,16H2,1H3,(H,17,18). The third-order valence-electron chi connectivity index (χ3n) is 2.54. The van der Waals surface area contributed by atoms with Gasteiger partial charge in [-0.1, -0.05) is 12.1 Å². The van der Waals surface area contributed by atoms with Gasteiger partial charge in [0, 0.05) is 9.13 Å². The first-order chi connectivity index (χ1) is 8.56. The highest BCUT2D eigenvalue weighted by Gasteiger charge is 2.08. The van der Waals surface area contributed by atoms with E-state index in [1.54, 1.807) is 6.07 Å². The van der Waals surface area contributed by atoms with Crippen LogP contribution in [0.5, 0.6) is 0 Å². The van der Waals surface area contributed by atoms with Crippen LogP contribution in [0.4, 0.5) is 11.4 Å². The summed E-state index contributed by atoms with van der Waals surface area (Å²) in [5, 5.41) is 2.81. The highest BCUT2D eigenvalue weighted by Crippen LogP contribution is 2.20. The summed E-state index contributed by atoms with van der Waals surface area (Å²) in [5.74, 6) is -0.149. The zero-order valence-corrected chi connectivity index (χ0v) is 12.1. The summed E-state index contributed by atoms with van der Waals surface area (Å²) in [6.45, 7) is 1.96. The fourth-order valence-electron chi connectivity index (χ4n) is 1.62. The lowest BCUT2D eigenvalue weighted by Crippen LogP contribution is -2.13. The molecule has 0 saturated heterocycles. The quantitative estimate of drug-likeness (QED) is 0.643. The van der Waals surface area contributed by atoms with Gasteiger partial charge in [0.1, 0.15) is 0 Å². The molecule has 92 valence electrons. The number of benzene rings is 2. The summed E-state index contributed by atoms with van der Waals surface area (Å²) < 4.78 is 1.03. The summed E-state index contributed by atoms with van der Waals surface area (Å²) in [4.78, 5) is 12.0. The molecule has 2 rings (SSSR count). The van der Waals surface area contributed by atoms with Gasteiger partial charge in [0.15, 0.2) is 0 Å². The molecule has 0 aliphatic heterocycles. The zero-order valence-electron chi connectivity index (χ0n) is 9.91. The highest BCUT2D eigenvalue weighted by atomic mass is 127. The molecule has 0 radical (unpaired) electrons. The molecule has 2 aromatic rings. The smallest absolute Gasteiger partial charge is 0.255 e. The number of carbonyl (C=O) groups excluding carboxylic acids is 1. The average Bonchev–Trinajstić information content (AvgIpc) is 2.32. The first-order valence-electron chi connectivity index (χ1n) is 5.49. The van der Waals surface area contributed by atoms with Crippen LogP contribution in [0.2, 0.25) is 0 Å². The molecule has 18 heavy (non-hydrogen) atoms. The lowest BCUT2D eigenvalue weighted by Gasteiger charge is -2.09. The molecule has 3 nitrogen and oxygen atoms in total. The van der Waals surface area contributed by atoms with E-state index in [1.807, 2.05) is 43.3 Å². The topological polar surface area (TPSA) is 55.1 Å². The molecule has 4 heteroatoms. The van der Waals surface area contributed by atoms with Crippen LogP contribution in [0.3, 0.4) is 0 Å². The van der Waals surface area contributed by atoms with Crippen molar-refractivity contribution in [1.82, 2.24) is 0 Å². The van der Waals surface area contributed by atoms with E-state index < -0.39 is 0 Å². The minimum Gasteiger partial charge on any atom is -0.397 e. The predicted octanol–water partition coefficient (Wildman–Crippen LogP) is 3.43. The Labute approximate surface area is 120 Å². The number of hydrogen-bond acceptors (Lipinski definition) is 2. The number of amides is 1. The Morgan fingerprint density at radius 2 is 2.00 bits per heavy atom. The molecule has 3 N–H and O–H groups in total. The van der Waals surface area contributed by atoms with Crippen molar-refractivity contribution in [3.05, 3.63) is 57.2 Å². The molecule has 0 aliphatic rings. The van der Waals surface area contributed by atoms with Gasteiger partial charge in [0.05, 0.1) is 11.4 Å². The monoisotopic (exact) mass is 352 g/mol. The molecule has 0 unspecified atom stereocenters. The number of halogens is 1. The molecule has 0 bridgehead atoms. The van der Waals surface area contributed by atoms with Crippen molar-refractivity contribution in [1.29, 1.82) is 0 Å². The fourth-order valence-corrected chi connectivity index (χ4v) is 2.16. The van der Waals surface area contributed by atoms with Gasteiger partial charge in [-0.2, -0.15) is 0 Å².